The normalized spacial score (nSPS) is 28.4. The van der Waals surface area contributed by atoms with Crippen molar-refractivity contribution in [3.05, 3.63) is 35.9 Å². The molecular formula is C17H25NO2. The lowest BCUT2D eigenvalue weighted by Gasteiger charge is -2.38. The molecule has 2 heterocycles. The van der Waals surface area contributed by atoms with Crippen LogP contribution in [0.1, 0.15) is 31.2 Å². The number of rotatable bonds is 4. The zero-order valence-corrected chi connectivity index (χ0v) is 12.2. The van der Waals surface area contributed by atoms with Gasteiger partial charge in [-0.2, -0.15) is 0 Å². The Morgan fingerprint density at radius 2 is 2.00 bits per heavy atom. The summed E-state index contributed by atoms with van der Waals surface area (Å²) in [5.41, 5.74) is 1.46. The van der Waals surface area contributed by atoms with Gasteiger partial charge in [0.1, 0.15) is 6.79 Å². The van der Waals surface area contributed by atoms with Gasteiger partial charge < -0.3 is 9.47 Å². The van der Waals surface area contributed by atoms with Crippen LogP contribution in [0, 0.1) is 0 Å². The van der Waals surface area contributed by atoms with Crippen molar-refractivity contribution in [2.75, 3.05) is 26.5 Å². The molecule has 0 spiro atoms. The minimum absolute atomic E-state index is 0.361. The number of piperidine rings is 1. The van der Waals surface area contributed by atoms with Gasteiger partial charge in [0.25, 0.3) is 0 Å². The molecule has 0 radical (unpaired) electrons. The number of benzene rings is 1. The van der Waals surface area contributed by atoms with Crippen LogP contribution in [0.15, 0.2) is 30.3 Å². The van der Waals surface area contributed by atoms with Gasteiger partial charge >= 0.3 is 0 Å². The van der Waals surface area contributed by atoms with E-state index in [1.807, 2.05) is 0 Å². The van der Waals surface area contributed by atoms with E-state index in [0.717, 1.165) is 19.6 Å². The van der Waals surface area contributed by atoms with Crippen LogP contribution < -0.4 is 0 Å². The maximum Gasteiger partial charge on any atom is 0.147 e. The fourth-order valence-corrected chi connectivity index (χ4v) is 3.32. The summed E-state index contributed by atoms with van der Waals surface area (Å²) < 4.78 is 11.0. The van der Waals surface area contributed by atoms with Gasteiger partial charge in [0.05, 0.1) is 12.7 Å². The highest BCUT2D eigenvalue weighted by Crippen LogP contribution is 2.22. The van der Waals surface area contributed by atoms with Crippen molar-refractivity contribution in [2.24, 2.45) is 0 Å². The molecule has 2 aliphatic rings. The monoisotopic (exact) mass is 275 g/mol. The molecule has 20 heavy (non-hydrogen) atoms. The van der Waals surface area contributed by atoms with Gasteiger partial charge in [0.15, 0.2) is 0 Å². The predicted octanol–water partition coefficient (Wildman–Crippen LogP) is 2.85. The third kappa shape index (κ3) is 3.81. The molecule has 2 unspecified atom stereocenters. The summed E-state index contributed by atoms with van der Waals surface area (Å²) >= 11 is 0. The van der Waals surface area contributed by atoms with Gasteiger partial charge in [-0.15, -0.1) is 0 Å². The van der Waals surface area contributed by atoms with Crippen LogP contribution in [-0.2, 0) is 15.9 Å². The molecule has 2 saturated heterocycles. The first-order valence-corrected chi connectivity index (χ1v) is 7.89. The fourth-order valence-electron chi connectivity index (χ4n) is 3.32. The summed E-state index contributed by atoms with van der Waals surface area (Å²) in [7, 11) is 0. The first kappa shape index (κ1) is 14.1. The molecular weight excluding hydrogens is 250 g/mol. The van der Waals surface area contributed by atoms with Gasteiger partial charge in [-0.3, -0.25) is 4.90 Å². The molecule has 0 aromatic heterocycles. The zero-order chi connectivity index (χ0) is 13.6. The second kappa shape index (κ2) is 7.21. The number of hydrogen-bond acceptors (Lipinski definition) is 3. The highest BCUT2D eigenvalue weighted by Gasteiger charge is 2.26. The highest BCUT2D eigenvalue weighted by molar-refractivity contribution is 5.16. The van der Waals surface area contributed by atoms with Crippen LogP contribution in [0.3, 0.4) is 0 Å². The lowest BCUT2D eigenvalue weighted by molar-refractivity contribution is -0.147. The Morgan fingerprint density at radius 3 is 2.80 bits per heavy atom. The van der Waals surface area contributed by atoms with E-state index in [1.54, 1.807) is 0 Å². The number of ether oxygens (including phenoxy) is 2. The van der Waals surface area contributed by atoms with E-state index in [4.69, 9.17) is 9.47 Å². The second-order valence-electron chi connectivity index (χ2n) is 5.94. The van der Waals surface area contributed by atoms with Crippen molar-refractivity contribution in [1.29, 1.82) is 0 Å². The summed E-state index contributed by atoms with van der Waals surface area (Å²) in [5.74, 6) is 0. The summed E-state index contributed by atoms with van der Waals surface area (Å²) in [6.45, 7) is 3.61. The molecule has 0 N–H and O–H groups in total. The Kier molecular flexibility index (Phi) is 5.06. The maximum absolute atomic E-state index is 5.72. The van der Waals surface area contributed by atoms with Gasteiger partial charge in [0.2, 0.25) is 0 Å². The molecule has 3 rings (SSSR count). The van der Waals surface area contributed by atoms with E-state index in [0.29, 0.717) is 18.9 Å². The molecule has 0 saturated carbocycles. The van der Waals surface area contributed by atoms with Gasteiger partial charge in [-0.05, 0) is 37.8 Å². The van der Waals surface area contributed by atoms with Crippen molar-refractivity contribution < 1.29 is 9.47 Å². The largest absolute Gasteiger partial charge is 0.355 e. The summed E-state index contributed by atoms with van der Waals surface area (Å²) in [5, 5.41) is 0. The average Bonchev–Trinajstić information content (AvgIpc) is 2.51. The minimum Gasteiger partial charge on any atom is -0.355 e. The first-order valence-electron chi connectivity index (χ1n) is 7.89. The SMILES string of the molecule is c1ccc(CC2CCCCN2CC2CCOCO2)cc1. The third-order valence-corrected chi connectivity index (χ3v) is 4.47. The van der Waals surface area contributed by atoms with Crippen LogP contribution in [0.4, 0.5) is 0 Å². The maximum atomic E-state index is 5.72. The second-order valence-corrected chi connectivity index (χ2v) is 5.94. The van der Waals surface area contributed by atoms with Crippen molar-refractivity contribution in [3.63, 3.8) is 0 Å². The van der Waals surface area contributed by atoms with Crippen molar-refractivity contribution in [2.45, 2.75) is 44.2 Å². The fraction of sp³-hybridized carbons (Fsp3) is 0.647. The topological polar surface area (TPSA) is 21.7 Å². The molecule has 110 valence electrons. The van der Waals surface area contributed by atoms with Crippen LogP contribution >= 0.6 is 0 Å². The lowest BCUT2D eigenvalue weighted by atomic mass is 9.95. The molecule has 2 fully saturated rings. The Labute approximate surface area is 121 Å². The van der Waals surface area contributed by atoms with Crippen molar-refractivity contribution >= 4 is 0 Å². The van der Waals surface area contributed by atoms with E-state index >= 15 is 0 Å². The number of hydrogen-bond donors (Lipinski definition) is 0. The molecule has 3 nitrogen and oxygen atoms in total. The quantitative estimate of drug-likeness (QED) is 0.843. The van der Waals surface area contributed by atoms with Crippen molar-refractivity contribution in [1.82, 2.24) is 4.90 Å². The van der Waals surface area contributed by atoms with E-state index in [9.17, 15) is 0 Å². The summed E-state index contributed by atoms with van der Waals surface area (Å²) in [6, 6.07) is 11.6. The van der Waals surface area contributed by atoms with Crippen LogP contribution in [0.25, 0.3) is 0 Å². The average molecular weight is 275 g/mol. The van der Waals surface area contributed by atoms with E-state index in [1.165, 1.54) is 37.8 Å². The van der Waals surface area contributed by atoms with Gasteiger partial charge in [0, 0.05) is 12.6 Å². The smallest absolute Gasteiger partial charge is 0.147 e. The Morgan fingerprint density at radius 1 is 1.10 bits per heavy atom. The third-order valence-electron chi connectivity index (χ3n) is 4.47. The van der Waals surface area contributed by atoms with E-state index in [-0.39, 0.29) is 0 Å². The molecule has 3 heteroatoms. The predicted molar refractivity (Wildman–Crippen MR) is 79.7 cm³/mol. The van der Waals surface area contributed by atoms with Crippen LogP contribution in [-0.4, -0.2) is 43.5 Å². The minimum atomic E-state index is 0.361. The van der Waals surface area contributed by atoms with Crippen molar-refractivity contribution in [3.8, 4) is 0 Å². The number of nitrogens with zero attached hydrogens (tertiary/aromatic N) is 1. The Hall–Kier alpha value is -0.900. The molecule has 0 amide bonds. The molecule has 2 atom stereocenters. The van der Waals surface area contributed by atoms with E-state index in [2.05, 4.69) is 35.2 Å². The van der Waals surface area contributed by atoms with Crippen LogP contribution in [0.5, 0.6) is 0 Å². The molecule has 0 bridgehead atoms. The van der Waals surface area contributed by atoms with Gasteiger partial charge in [-0.1, -0.05) is 36.8 Å². The highest BCUT2D eigenvalue weighted by atomic mass is 16.7. The Bertz CT molecular complexity index is 389. The standard InChI is InChI=1S/C17H25NO2/c1-2-6-15(7-3-1)12-16-8-4-5-10-18(16)13-17-9-11-19-14-20-17/h1-3,6-7,16-17H,4-5,8-14H2. The lowest BCUT2D eigenvalue weighted by Crippen LogP contribution is -2.46. The summed E-state index contributed by atoms with van der Waals surface area (Å²) in [4.78, 5) is 2.65. The molecule has 1 aromatic rings. The Balaban J connectivity index is 1.58. The summed E-state index contributed by atoms with van der Waals surface area (Å²) in [6.07, 6.45) is 6.58. The van der Waals surface area contributed by atoms with Crippen LogP contribution in [0.2, 0.25) is 0 Å². The van der Waals surface area contributed by atoms with E-state index < -0.39 is 0 Å². The van der Waals surface area contributed by atoms with Gasteiger partial charge in [-0.25, -0.2) is 0 Å². The number of likely N-dealkylation sites (tertiary alicyclic amines) is 1. The molecule has 2 aliphatic heterocycles. The molecule has 1 aromatic carbocycles. The first-order chi connectivity index (χ1) is 9.92. The zero-order valence-electron chi connectivity index (χ0n) is 12.2. The molecule has 0 aliphatic carbocycles.